The Morgan fingerprint density at radius 1 is 1.30 bits per heavy atom. The van der Waals surface area contributed by atoms with Crippen molar-refractivity contribution in [3.63, 3.8) is 0 Å². The highest BCUT2D eigenvalue weighted by Gasteiger charge is 2.31. The molecule has 3 aromatic rings. The van der Waals surface area contributed by atoms with Crippen LogP contribution in [0.3, 0.4) is 0 Å². The average molecular weight is 407 g/mol. The van der Waals surface area contributed by atoms with Gasteiger partial charge in [-0.15, -0.1) is 11.3 Å². The zero-order chi connectivity index (χ0) is 19.0. The second-order valence-electron chi connectivity index (χ2n) is 6.23. The predicted octanol–water partition coefficient (Wildman–Crippen LogP) is 2.70. The highest BCUT2D eigenvalue weighted by molar-refractivity contribution is 7.89. The van der Waals surface area contributed by atoms with Crippen LogP contribution in [0.15, 0.2) is 40.9 Å². The van der Waals surface area contributed by atoms with Crippen LogP contribution in [0.4, 0.5) is 11.4 Å². The van der Waals surface area contributed by atoms with Gasteiger partial charge in [0.1, 0.15) is 4.90 Å². The Morgan fingerprint density at radius 2 is 2.07 bits per heavy atom. The van der Waals surface area contributed by atoms with Gasteiger partial charge in [0, 0.05) is 43.0 Å². The highest BCUT2D eigenvalue weighted by atomic mass is 32.2. The quantitative estimate of drug-likeness (QED) is 0.497. The highest BCUT2D eigenvalue weighted by Crippen LogP contribution is 2.31. The molecule has 1 aliphatic heterocycles. The number of benzene rings is 1. The Morgan fingerprint density at radius 3 is 2.78 bits per heavy atom. The van der Waals surface area contributed by atoms with Crippen molar-refractivity contribution in [3.8, 4) is 0 Å². The van der Waals surface area contributed by atoms with E-state index < -0.39 is 14.9 Å². The Balaban J connectivity index is 1.66. The molecule has 1 fully saturated rings. The first-order valence-electron chi connectivity index (χ1n) is 8.39. The predicted molar refractivity (Wildman–Crippen MR) is 101 cm³/mol. The number of aromatic nitrogens is 2. The van der Waals surface area contributed by atoms with Crippen LogP contribution in [-0.2, 0) is 16.6 Å². The molecule has 1 N–H and O–H groups in total. The van der Waals surface area contributed by atoms with Crippen LogP contribution in [0.1, 0.15) is 18.5 Å². The van der Waals surface area contributed by atoms with E-state index in [1.165, 1.54) is 27.8 Å². The molecule has 11 heteroatoms. The number of anilines is 1. The van der Waals surface area contributed by atoms with Gasteiger partial charge in [0.25, 0.3) is 5.69 Å². The summed E-state index contributed by atoms with van der Waals surface area (Å²) in [4.78, 5) is 15.8. The summed E-state index contributed by atoms with van der Waals surface area (Å²) in [6.07, 6.45) is 5.34. The molecule has 0 unspecified atom stereocenters. The fourth-order valence-corrected chi connectivity index (χ4v) is 5.52. The van der Waals surface area contributed by atoms with Crippen LogP contribution >= 0.6 is 11.3 Å². The lowest BCUT2D eigenvalue weighted by molar-refractivity contribution is -0.385. The molecular formula is C16H17N5O4S2. The molecule has 0 aliphatic carbocycles. The number of nitrogens with zero attached hydrogens (tertiary/aromatic N) is 4. The summed E-state index contributed by atoms with van der Waals surface area (Å²) in [5, 5.41) is 16.1. The molecule has 0 spiro atoms. The smallest absolute Gasteiger partial charge is 0.270 e. The number of non-ortho nitro benzene ring substituents is 1. The number of hydrogen-bond acceptors (Lipinski definition) is 7. The minimum atomic E-state index is -3.80. The molecular weight excluding hydrogens is 390 g/mol. The minimum absolute atomic E-state index is 0.0698. The Hall–Kier alpha value is -2.50. The minimum Gasteiger partial charge on any atom is -0.378 e. The van der Waals surface area contributed by atoms with Crippen LogP contribution in [0, 0.1) is 10.1 Å². The third kappa shape index (κ3) is 3.40. The topological polar surface area (TPSA) is 110 Å². The maximum atomic E-state index is 13.0. The SMILES string of the molecule is O=[N+]([O-])c1ccc(NCc2cn3ccsc3n2)c(S(=O)(=O)N2CCCC2)c1. The Bertz CT molecular complexity index is 1070. The second-order valence-corrected chi connectivity index (χ2v) is 9.01. The zero-order valence-corrected chi connectivity index (χ0v) is 15.9. The van der Waals surface area contributed by atoms with Gasteiger partial charge in [-0.25, -0.2) is 13.4 Å². The fourth-order valence-electron chi connectivity index (χ4n) is 3.10. The standard InChI is InChI=1S/C16H17N5O4S2/c22-21(23)13-3-4-14(15(9-13)27(24,25)20-5-1-2-6-20)17-10-12-11-19-7-8-26-16(19)18-12/h3-4,7-9,11,17H,1-2,5-6,10H2. The number of nitrogens with one attached hydrogen (secondary N) is 1. The Labute approximate surface area is 159 Å². The van der Waals surface area contributed by atoms with Crippen molar-refractivity contribution in [2.45, 2.75) is 24.3 Å². The molecule has 0 saturated carbocycles. The summed E-state index contributed by atoms with van der Waals surface area (Å²) < 4.78 is 29.2. The lowest BCUT2D eigenvalue weighted by Gasteiger charge is -2.18. The van der Waals surface area contributed by atoms with Gasteiger partial charge >= 0.3 is 0 Å². The van der Waals surface area contributed by atoms with Crippen molar-refractivity contribution in [2.75, 3.05) is 18.4 Å². The van der Waals surface area contributed by atoms with Crippen molar-refractivity contribution >= 4 is 37.7 Å². The summed E-state index contributed by atoms with van der Waals surface area (Å²) in [6.45, 7) is 1.18. The van der Waals surface area contributed by atoms with E-state index >= 15 is 0 Å². The van der Waals surface area contributed by atoms with Gasteiger partial charge in [-0.1, -0.05) is 0 Å². The van der Waals surface area contributed by atoms with E-state index in [4.69, 9.17) is 0 Å². The van der Waals surface area contributed by atoms with E-state index in [1.807, 2.05) is 22.2 Å². The summed E-state index contributed by atoms with van der Waals surface area (Å²) >= 11 is 1.51. The van der Waals surface area contributed by atoms with Crippen molar-refractivity contribution in [2.24, 2.45) is 0 Å². The van der Waals surface area contributed by atoms with E-state index in [0.29, 0.717) is 25.3 Å². The number of thiazole rings is 1. The van der Waals surface area contributed by atoms with E-state index in [-0.39, 0.29) is 10.6 Å². The van der Waals surface area contributed by atoms with Gasteiger partial charge in [0.2, 0.25) is 10.0 Å². The number of imidazole rings is 1. The van der Waals surface area contributed by atoms with Crippen LogP contribution in [0.25, 0.3) is 4.96 Å². The van der Waals surface area contributed by atoms with Gasteiger partial charge in [0.15, 0.2) is 4.96 Å². The average Bonchev–Trinajstić information content (AvgIpc) is 3.36. The van der Waals surface area contributed by atoms with Gasteiger partial charge in [0.05, 0.1) is 22.8 Å². The summed E-state index contributed by atoms with van der Waals surface area (Å²) in [5.74, 6) is 0. The van der Waals surface area contributed by atoms with Crippen molar-refractivity contribution in [1.82, 2.24) is 13.7 Å². The zero-order valence-electron chi connectivity index (χ0n) is 14.2. The van der Waals surface area contributed by atoms with Crippen molar-refractivity contribution in [1.29, 1.82) is 0 Å². The second kappa shape index (κ2) is 6.91. The van der Waals surface area contributed by atoms with E-state index in [9.17, 15) is 18.5 Å². The number of nitro benzene ring substituents is 1. The van der Waals surface area contributed by atoms with E-state index in [0.717, 1.165) is 29.6 Å². The maximum Gasteiger partial charge on any atom is 0.270 e. The molecule has 142 valence electrons. The lowest BCUT2D eigenvalue weighted by atomic mass is 10.2. The number of sulfonamides is 1. The third-order valence-corrected chi connectivity index (χ3v) is 7.17. The van der Waals surface area contributed by atoms with Gasteiger partial charge < -0.3 is 5.32 Å². The van der Waals surface area contributed by atoms with Crippen LogP contribution in [0.2, 0.25) is 0 Å². The Kier molecular flexibility index (Phi) is 4.58. The first kappa shape index (κ1) is 17.9. The molecule has 1 saturated heterocycles. The molecule has 4 rings (SSSR count). The molecule has 27 heavy (non-hydrogen) atoms. The molecule has 9 nitrogen and oxygen atoms in total. The van der Waals surface area contributed by atoms with Crippen LogP contribution in [-0.4, -0.2) is 40.1 Å². The van der Waals surface area contributed by atoms with Crippen LogP contribution in [0.5, 0.6) is 0 Å². The van der Waals surface area contributed by atoms with Gasteiger partial charge in [-0.2, -0.15) is 4.31 Å². The van der Waals surface area contributed by atoms with Gasteiger partial charge in [-0.05, 0) is 18.9 Å². The largest absolute Gasteiger partial charge is 0.378 e. The maximum absolute atomic E-state index is 13.0. The monoisotopic (exact) mass is 407 g/mol. The molecule has 0 atom stereocenters. The van der Waals surface area contributed by atoms with E-state index in [2.05, 4.69) is 10.3 Å². The lowest BCUT2D eigenvalue weighted by Crippen LogP contribution is -2.28. The molecule has 1 aromatic carbocycles. The third-order valence-electron chi connectivity index (χ3n) is 4.46. The number of fused-ring (bicyclic) bond motifs is 1. The normalized spacial score (nSPS) is 15.4. The van der Waals surface area contributed by atoms with Crippen molar-refractivity contribution in [3.05, 3.63) is 51.8 Å². The first-order chi connectivity index (χ1) is 12.9. The summed E-state index contributed by atoms with van der Waals surface area (Å²) in [5.41, 5.74) is 0.842. The fraction of sp³-hybridized carbons (Fsp3) is 0.312. The van der Waals surface area contributed by atoms with Crippen molar-refractivity contribution < 1.29 is 13.3 Å². The van der Waals surface area contributed by atoms with E-state index in [1.54, 1.807) is 0 Å². The number of rotatable bonds is 6. The molecule has 3 heterocycles. The number of hydrogen-bond donors (Lipinski definition) is 1. The first-order valence-corrected chi connectivity index (χ1v) is 10.7. The molecule has 0 bridgehead atoms. The van der Waals surface area contributed by atoms with Crippen LogP contribution < -0.4 is 5.32 Å². The summed E-state index contributed by atoms with van der Waals surface area (Å²) in [7, 11) is -3.80. The number of nitro groups is 1. The van der Waals surface area contributed by atoms with Gasteiger partial charge in [-0.3, -0.25) is 14.5 Å². The molecule has 0 amide bonds. The molecule has 1 aliphatic rings. The molecule has 2 aromatic heterocycles. The summed E-state index contributed by atoms with van der Waals surface area (Å²) in [6, 6.07) is 3.87. The molecule has 0 radical (unpaired) electrons.